The second-order valence-electron chi connectivity index (χ2n) is 5.73. The highest BCUT2D eigenvalue weighted by atomic mass is 16.5. The van der Waals surface area contributed by atoms with Gasteiger partial charge in [-0.25, -0.2) is 0 Å². The molecule has 6 heteroatoms. The van der Waals surface area contributed by atoms with Gasteiger partial charge in [-0.05, 0) is 31.4 Å². The van der Waals surface area contributed by atoms with E-state index in [1.165, 1.54) is 0 Å². The van der Waals surface area contributed by atoms with E-state index in [1.807, 2.05) is 6.07 Å². The Balaban J connectivity index is 2.02. The van der Waals surface area contributed by atoms with Gasteiger partial charge in [0.15, 0.2) is 0 Å². The standard InChI is InChI=1S/C16H23NO5/c1-21-9-7-17(11-14-6-3-8-22-14)15(18)12-4-2-5-13(10-12)16(19)20/h3,6,8,12-13H,2,4-5,7,9-11H2,1H3,(H,19,20). The van der Waals surface area contributed by atoms with Gasteiger partial charge in [-0.3, -0.25) is 9.59 Å². The van der Waals surface area contributed by atoms with Gasteiger partial charge < -0.3 is 19.2 Å². The highest BCUT2D eigenvalue weighted by Crippen LogP contribution is 2.30. The van der Waals surface area contributed by atoms with Crippen LogP contribution >= 0.6 is 0 Å². The van der Waals surface area contributed by atoms with Crippen LogP contribution in [0.5, 0.6) is 0 Å². The van der Waals surface area contributed by atoms with Gasteiger partial charge in [0.1, 0.15) is 5.76 Å². The zero-order chi connectivity index (χ0) is 15.9. The highest BCUT2D eigenvalue weighted by molar-refractivity contribution is 5.80. The summed E-state index contributed by atoms with van der Waals surface area (Å²) in [4.78, 5) is 25.6. The van der Waals surface area contributed by atoms with Crippen LogP contribution in [0.2, 0.25) is 0 Å². The number of furan rings is 1. The third-order valence-electron chi connectivity index (χ3n) is 4.18. The van der Waals surface area contributed by atoms with Gasteiger partial charge in [0.2, 0.25) is 5.91 Å². The van der Waals surface area contributed by atoms with Crippen LogP contribution < -0.4 is 0 Å². The first-order valence-corrected chi connectivity index (χ1v) is 7.64. The number of aliphatic carboxylic acids is 1. The van der Waals surface area contributed by atoms with E-state index < -0.39 is 11.9 Å². The first-order valence-electron chi connectivity index (χ1n) is 7.64. The summed E-state index contributed by atoms with van der Waals surface area (Å²) in [6.07, 6.45) is 4.21. The van der Waals surface area contributed by atoms with Crippen molar-refractivity contribution in [2.24, 2.45) is 11.8 Å². The summed E-state index contributed by atoms with van der Waals surface area (Å²) >= 11 is 0. The minimum atomic E-state index is -0.799. The molecule has 0 aromatic carbocycles. The Labute approximate surface area is 130 Å². The average molecular weight is 309 g/mol. The Bertz CT molecular complexity index is 485. The van der Waals surface area contributed by atoms with Crippen molar-refractivity contribution < 1.29 is 23.8 Å². The predicted octanol–water partition coefficient (Wildman–Crippen LogP) is 2.15. The number of amides is 1. The summed E-state index contributed by atoms with van der Waals surface area (Å²) in [5.41, 5.74) is 0. The van der Waals surface area contributed by atoms with Gasteiger partial charge >= 0.3 is 5.97 Å². The fraction of sp³-hybridized carbons (Fsp3) is 0.625. The monoisotopic (exact) mass is 309 g/mol. The molecule has 122 valence electrons. The normalized spacial score (nSPS) is 21.5. The summed E-state index contributed by atoms with van der Waals surface area (Å²) in [7, 11) is 1.59. The summed E-state index contributed by atoms with van der Waals surface area (Å²) in [5, 5.41) is 9.17. The summed E-state index contributed by atoms with van der Waals surface area (Å²) in [6, 6.07) is 3.61. The minimum absolute atomic E-state index is 0.000556. The molecule has 1 aromatic rings. The molecular formula is C16H23NO5. The van der Waals surface area contributed by atoms with Crippen molar-refractivity contribution in [2.45, 2.75) is 32.2 Å². The van der Waals surface area contributed by atoms with Crippen molar-refractivity contribution in [3.8, 4) is 0 Å². The van der Waals surface area contributed by atoms with Crippen LogP contribution in [0.15, 0.2) is 22.8 Å². The molecule has 1 amide bonds. The highest BCUT2D eigenvalue weighted by Gasteiger charge is 2.33. The van der Waals surface area contributed by atoms with E-state index in [0.29, 0.717) is 32.5 Å². The van der Waals surface area contributed by atoms with E-state index in [0.717, 1.165) is 18.6 Å². The molecule has 1 aromatic heterocycles. The van der Waals surface area contributed by atoms with Crippen LogP contribution in [0.25, 0.3) is 0 Å². The van der Waals surface area contributed by atoms with Crippen molar-refractivity contribution in [3.63, 3.8) is 0 Å². The van der Waals surface area contributed by atoms with E-state index >= 15 is 0 Å². The quantitative estimate of drug-likeness (QED) is 0.834. The van der Waals surface area contributed by atoms with E-state index in [4.69, 9.17) is 14.3 Å². The number of ether oxygens (including phenoxy) is 1. The first-order chi connectivity index (χ1) is 10.6. The number of hydrogen-bond acceptors (Lipinski definition) is 4. The lowest BCUT2D eigenvalue weighted by Gasteiger charge is -2.31. The van der Waals surface area contributed by atoms with Gasteiger partial charge in [0, 0.05) is 19.6 Å². The summed E-state index contributed by atoms with van der Waals surface area (Å²) in [6.45, 7) is 1.31. The van der Waals surface area contributed by atoms with Crippen LogP contribution in [-0.4, -0.2) is 42.1 Å². The van der Waals surface area contributed by atoms with Crippen LogP contribution in [0.1, 0.15) is 31.4 Å². The molecule has 0 saturated heterocycles. The zero-order valence-corrected chi connectivity index (χ0v) is 12.9. The zero-order valence-electron chi connectivity index (χ0n) is 12.9. The molecule has 1 saturated carbocycles. The number of carboxylic acid groups (broad SMARTS) is 1. The molecule has 2 rings (SSSR count). The molecule has 2 unspecified atom stereocenters. The molecule has 0 bridgehead atoms. The molecule has 22 heavy (non-hydrogen) atoms. The molecule has 0 spiro atoms. The summed E-state index contributed by atoms with van der Waals surface area (Å²) < 4.78 is 10.4. The Morgan fingerprint density at radius 1 is 1.41 bits per heavy atom. The number of carbonyl (C=O) groups excluding carboxylic acids is 1. The van der Waals surface area contributed by atoms with Crippen LogP contribution in [0.4, 0.5) is 0 Å². The number of rotatable bonds is 7. The molecule has 0 aliphatic heterocycles. The maximum Gasteiger partial charge on any atom is 0.306 e. The number of carboxylic acids is 1. The van der Waals surface area contributed by atoms with Crippen molar-refractivity contribution in [2.75, 3.05) is 20.3 Å². The van der Waals surface area contributed by atoms with Gasteiger partial charge in [0.05, 0.1) is 25.3 Å². The SMILES string of the molecule is COCCN(Cc1ccco1)C(=O)C1CCCC(C(=O)O)C1. The Morgan fingerprint density at radius 3 is 2.82 bits per heavy atom. The second-order valence-corrected chi connectivity index (χ2v) is 5.73. The van der Waals surface area contributed by atoms with Crippen LogP contribution in [0.3, 0.4) is 0 Å². The van der Waals surface area contributed by atoms with E-state index in [1.54, 1.807) is 24.3 Å². The van der Waals surface area contributed by atoms with Crippen molar-refractivity contribution >= 4 is 11.9 Å². The number of hydrogen-bond donors (Lipinski definition) is 1. The fourth-order valence-corrected chi connectivity index (χ4v) is 2.96. The molecule has 1 N–H and O–H groups in total. The van der Waals surface area contributed by atoms with Gasteiger partial charge in [-0.1, -0.05) is 6.42 Å². The predicted molar refractivity (Wildman–Crippen MR) is 79.1 cm³/mol. The number of methoxy groups -OCH3 is 1. The van der Waals surface area contributed by atoms with Gasteiger partial charge in [-0.15, -0.1) is 0 Å². The Kier molecular flexibility index (Phi) is 6.00. The van der Waals surface area contributed by atoms with Crippen LogP contribution in [-0.2, 0) is 20.9 Å². The average Bonchev–Trinajstić information content (AvgIpc) is 3.04. The molecule has 1 fully saturated rings. The maximum absolute atomic E-state index is 12.7. The molecule has 0 radical (unpaired) electrons. The number of carbonyl (C=O) groups is 2. The molecular weight excluding hydrogens is 286 g/mol. The van der Waals surface area contributed by atoms with E-state index in [-0.39, 0.29) is 11.8 Å². The number of nitrogens with zero attached hydrogens (tertiary/aromatic N) is 1. The Morgan fingerprint density at radius 2 is 2.18 bits per heavy atom. The van der Waals surface area contributed by atoms with E-state index in [9.17, 15) is 9.59 Å². The third kappa shape index (κ3) is 4.34. The topological polar surface area (TPSA) is 80.0 Å². The van der Waals surface area contributed by atoms with Gasteiger partial charge in [0.25, 0.3) is 0 Å². The lowest BCUT2D eigenvalue weighted by molar-refractivity contribution is -0.146. The van der Waals surface area contributed by atoms with Crippen LogP contribution in [0, 0.1) is 11.8 Å². The van der Waals surface area contributed by atoms with Crippen molar-refractivity contribution in [1.82, 2.24) is 4.90 Å². The fourth-order valence-electron chi connectivity index (χ4n) is 2.96. The molecule has 1 aliphatic carbocycles. The molecule has 1 aliphatic rings. The maximum atomic E-state index is 12.7. The van der Waals surface area contributed by atoms with Gasteiger partial charge in [-0.2, -0.15) is 0 Å². The molecule has 6 nitrogen and oxygen atoms in total. The lowest BCUT2D eigenvalue weighted by Crippen LogP contribution is -2.40. The molecule has 1 heterocycles. The molecule has 2 atom stereocenters. The van der Waals surface area contributed by atoms with Crippen molar-refractivity contribution in [3.05, 3.63) is 24.2 Å². The van der Waals surface area contributed by atoms with Crippen molar-refractivity contribution in [1.29, 1.82) is 0 Å². The minimum Gasteiger partial charge on any atom is -0.481 e. The first kappa shape index (κ1) is 16.5. The van der Waals surface area contributed by atoms with E-state index in [2.05, 4.69) is 0 Å². The smallest absolute Gasteiger partial charge is 0.306 e. The summed E-state index contributed by atoms with van der Waals surface area (Å²) in [5.74, 6) is -0.710. The lowest BCUT2D eigenvalue weighted by atomic mass is 9.80. The third-order valence-corrected chi connectivity index (χ3v) is 4.18. The largest absolute Gasteiger partial charge is 0.481 e. The Hall–Kier alpha value is -1.82. The second kappa shape index (κ2) is 7.98.